The largest absolute Gasteiger partial charge is 0.493 e. The first-order valence-corrected chi connectivity index (χ1v) is 7.10. The molecule has 0 aliphatic rings. The van der Waals surface area contributed by atoms with Crippen LogP contribution < -0.4 is 14.8 Å². The van der Waals surface area contributed by atoms with Crippen molar-refractivity contribution < 1.29 is 33.4 Å². The number of aryl methyl sites for hydroxylation is 1. The van der Waals surface area contributed by atoms with Gasteiger partial charge in [0, 0.05) is 0 Å². The molecule has 10 heteroatoms. The van der Waals surface area contributed by atoms with E-state index in [4.69, 9.17) is 23.8 Å². The average molecular weight is 351 g/mol. The zero-order chi connectivity index (χ0) is 18.4. The number of anilines is 1. The Morgan fingerprint density at radius 2 is 2.04 bits per heavy atom. The Morgan fingerprint density at radius 3 is 2.60 bits per heavy atom. The number of hydrogen-bond acceptors (Lipinski definition) is 8. The molecule has 10 nitrogen and oxygen atoms in total. The third-order valence-corrected chi connectivity index (χ3v) is 3.03. The summed E-state index contributed by atoms with van der Waals surface area (Å²) in [7, 11) is 2.74. The Kier molecular flexibility index (Phi) is 5.90. The standard InChI is InChI=1S/C15H17N3O7/c1-8-16-13(25-18-8)7-24-6-12(19)17-10-4-9(15(20)21)5-11(22-2)14(10)23-3/h4-5H,6-7H2,1-3H3,(H,17,19)(H,20,21). The number of aromatic nitrogens is 2. The van der Waals surface area contributed by atoms with Gasteiger partial charge in [-0.2, -0.15) is 4.98 Å². The van der Waals surface area contributed by atoms with Gasteiger partial charge in [0.15, 0.2) is 17.3 Å². The summed E-state index contributed by atoms with van der Waals surface area (Å²) in [6.45, 7) is 1.34. The van der Waals surface area contributed by atoms with E-state index in [1.807, 2.05) is 0 Å². The summed E-state index contributed by atoms with van der Waals surface area (Å²) in [6.07, 6.45) is 0. The zero-order valence-corrected chi connectivity index (χ0v) is 13.9. The maximum Gasteiger partial charge on any atom is 0.335 e. The molecule has 0 spiro atoms. The van der Waals surface area contributed by atoms with Gasteiger partial charge in [0.2, 0.25) is 5.91 Å². The molecule has 2 N–H and O–H groups in total. The molecule has 1 amide bonds. The minimum atomic E-state index is -1.17. The topological polar surface area (TPSA) is 133 Å². The Labute approximate surface area is 142 Å². The van der Waals surface area contributed by atoms with Crippen molar-refractivity contribution in [2.75, 3.05) is 26.1 Å². The van der Waals surface area contributed by atoms with Crippen molar-refractivity contribution >= 4 is 17.6 Å². The molecule has 0 unspecified atom stereocenters. The fourth-order valence-electron chi connectivity index (χ4n) is 2.00. The zero-order valence-electron chi connectivity index (χ0n) is 13.9. The molecule has 0 aliphatic carbocycles. The molecular formula is C15H17N3O7. The summed E-state index contributed by atoms with van der Waals surface area (Å²) in [4.78, 5) is 27.1. The van der Waals surface area contributed by atoms with Crippen LogP contribution in [-0.4, -0.2) is 48.0 Å². The SMILES string of the molecule is COc1cc(C(=O)O)cc(NC(=O)COCc2nc(C)no2)c1OC. The maximum absolute atomic E-state index is 12.0. The van der Waals surface area contributed by atoms with E-state index >= 15 is 0 Å². The molecule has 2 aromatic rings. The number of rotatable bonds is 8. The predicted molar refractivity (Wildman–Crippen MR) is 83.8 cm³/mol. The van der Waals surface area contributed by atoms with Gasteiger partial charge in [-0.1, -0.05) is 5.16 Å². The second kappa shape index (κ2) is 8.11. The second-order valence-corrected chi connectivity index (χ2v) is 4.84. The van der Waals surface area contributed by atoms with Crippen molar-refractivity contribution in [2.45, 2.75) is 13.5 Å². The Hall–Kier alpha value is -3.14. The van der Waals surface area contributed by atoms with Crippen LogP contribution in [0.4, 0.5) is 5.69 Å². The van der Waals surface area contributed by atoms with E-state index in [0.29, 0.717) is 5.82 Å². The highest BCUT2D eigenvalue weighted by Crippen LogP contribution is 2.36. The van der Waals surface area contributed by atoms with Gasteiger partial charge in [0.25, 0.3) is 5.89 Å². The molecule has 0 radical (unpaired) electrons. The van der Waals surface area contributed by atoms with Gasteiger partial charge in [-0.3, -0.25) is 4.79 Å². The third kappa shape index (κ3) is 4.67. The van der Waals surface area contributed by atoms with Crippen LogP contribution in [0.3, 0.4) is 0 Å². The molecule has 0 saturated heterocycles. The predicted octanol–water partition coefficient (Wildman–Crippen LogP) is 1.25. The number of carboxylic acids is 1. The maximum atomic E-state index is 12.0. The second-order valence-electron chi connectivity index (χ2n) is 4.84. The van der Waals surface area contributed by atoms with E-state index in [0.717, 1.165) is 0 Å². The number of nitrogens with zero attached hydrogens (tertiary/aromatic N) is 2. The average Bonchev–Trinajstić information content (AvgIpc) is 2.99. The first-order valence-electron chi connectivity index (χ1n) is 7.10. The van der Waals surface area contributed by atoms with Crippen molar-refractivity contribution in [2.24, 2.45) is 0 Å². The first kappa shape index (κ1) is 18.2. The number of carbonyl (C=O) groups is 2. The van der Waals surface area contributed by atoms with Crippen LogP contribution in [0.1, 0.15) is 22.1 Å². The highest BCUT2D eigenvalue weighted by Gasteiger charge is 2.17. The molecule has 0 fully saturated rings. The fraction of sp³-hybridized carbons (Fsp3) is 0.333. The molecule has 1 aromatic heterocycles. The molecule has 1 aromatic carbocycles. The molecule has 25 heavy (non-hydrogen) atoms. The van der Waals surface area contributed by atoms with Crippen LogP contribution >= 0.6 is 0 Å². The van der Waals surface area contributed by atoms with Crippen LogP contribution in [0, 0.1) is 6.92 Å². The number of benzene rings is 1. The molecule has 1 heterocycles. The Balaban J connectivity index is 2.05. The van der Waals surface area contributed by atoms with Gasteiger partial charge in [0.1, 0.15) is 13.2 Å². The number of amides is 1. The summed E-state index contributed by atoms with van der Waals surface area (Å²) in [5.74, 6) is -0.588. The quantitative estimate of drug-likeness (QED) is 0.720. The van der Waals surface area contributed by atoms with E-state index in [2.05, 4.69) is 15.5 Å². The lowest BCUT2D eigenvalue weighted by molar-refractivity contribution is -0.121. The lowest BCUT2D eigenvalue weighted by Crippen LogP contribution is -2.19. The third-order valence-electron chi connectivity index (χ3n) is 3.03. The van der Waals surface area contributed by atoms with Gasteiger partial charge in [-0.15, -0.1) is 0 Å². The molecule has 0 saturated carbocycles. The summed E-state index contributed by atoms with van der Waals surface area (Å²) in [5, 5.41) is 15.3. The number of aromatic carboxylic acids is 1. The van der Waals surface area contributed by atoms with Crippen molar-refractivity contribution in [3.05, 3.63) is 29.4 Å². The van der Waals surface area contributed by atoms with Crippen LogP contribution in [0.25, 0.3) is 0 Å². The van der Waals surface area contributed by atoms with Crippen LogP contribution in [0.2, 0.25) is 0 Å². The summed E-state index contributed by atoms with van der Waals surface area (Å²) in [5.41, 5.74) is 0.0942. The van der Waals surface area contributed by atoms with E-state index < -0.39 is 11.9 Å². The monoisotopic (exact) mass is 351 g/mol. The molecule has 0 bridgehead atoms. The van der Waals surface area contributed by atoms with Crippen molar-refractivity contribution in [3.63, 3.8) is 0 Å². The summed E-state index contributed by atoms with van der Waals surface area (Å²) < 4.78 is 20.3. The number of carbonyl (C=O) groups excluding carboxylic acids is 1. The van der Waals surface area contributed by atoms with E-state index in [1.165, 1.54) is 26.4 Å². The number of nitrogens with one attached hydrogen (secondary N) is 1. The normalized spacial score (nSPS) is 10.4. The van der Waals surface area contributed by atoms with Gasteiger partial charge >= 0.3 is 5.97 Å². The molecular weight excluding hydrogens is 334 g/mol. The Morgan fingerprint density at radius 1 is 1.28 bits per heavy atom. The van der Waals surface area contributed by atoms with Gasteiger partial charge < -0.3 is 29.2 Å². The molecule has 134 valence electrons. The van der Waals surface area contributed by atoms with Crippen molar-refractivity contribution in [1.29, 1.82) is 0 Å². The highest BCUT2D eigenvalue weighted by molar-refractivity contribution is 5.97. The van der Waals surface area contributed by atoms with E-state index in [-0.39, 0.29) is 41.9 Å². The fourth-order valence-corrected chi connectivity index (χ4v) is 2.00. The van der Waals surface area contributed by atoms with Gasteiger partial charge in [-0.25, -0.2) is 4.79 Å². The van der Waals surface area contributed by atoms with E-state index in [9.17, 15) is 9.59 Å². The smallest absolute Gasteiger partial charge is 0.335 e. The van der Waals surface area contributed by atoms with Crippen LogP contribution in [-0.2, 0) is 16.1 Å². The van der Waals surface area contributed by atoms with Crippen molar-refractivity contribution in [1.82, 2.24) is 10.1 Å². The first-order chi connectivity index (χ1) is 11.9. The minimum absolute atomic E-state index is 0.0239. The number of ether oxygens (including phenoxy) is 3. The van der Waals surface area contributed by atoms with E-state index in [1.54, 1.807) is 6.92 Å². The van der Waals surface area contributed by atoms with Crippen molar-refractivity contribution in [3.8, 4) is 11.5 Å². The molecule has 2 rings (SSSR count). The number of carboxylic acid groups (broad SMARTS) is 1. The summed E-state index contributed by atoms with van der Waals surface area (Å²) in [6, 6.07) is 2.56. The van der Waals surface area contributed by atoms with Crippen LogP contribution in [0.5, 0.6) is 11.5 Å². The Bertz CT molecular complexity index is 772. The summed E-state index contributed by atoms with van der Waals surface area (Å²) >= 11 is 0. The lowest BCUT2D eigenvalue weighted by atomic mass is 10.1. The highest BCUT2D eigenvalue weighted by atomic mass is 16.5. The number of methoxy groups -OCH3 is 2. The van der Waals surface area contributed by atoms with Crippen LogP contribution in [0.15, 0.2) is 16.7 Å². The molecule has 0 aliphatic heterocycles. The van der Waals surface area contributed by atoms with Gasteiger partial charge in [0.05, 0.1) is 25.5 Å². The molecule has 0 atom stereocenters. The van der Waals surface area contributed by atoms with Gasteiger partial charge in [-0.05, 0) is 19.1 Å². The lowest BCUT2D eigenvalue weighted by Gasteiger charge is -2.14. The minimum Gasteiger partial charge on any atom is -0.493 e. The number of hydrogen-bond donors (Lipinski definition) is 2.